The zero-order valence-corrected chi connectivity index (χ0v) is 19.4. The number of aryl methyl sites for hydroxylation is 1. The van der Waals surface area contributed by atoms with Crippen LogP contribution in [0.2, 0.25) is 0 Å². The molecule has 3 rings (SSSR count). The predicted octanol–water partition coefficient (Wildman–Crippen LogP) is 2.29. The summed E-state index contributed by atoms with van der Waals surface area (Å²) in [5, 5.41) is 15.0. The summed E-state index contributed by atoms with van der Waals surface area (Å²) in [6.45, 7) is 6.76. The normalized spacial score (nSPS) is 18.0. The second-order valence-corrected chi connectivity index (χ2v) is 8.15. The van der Waals surface area contributed by atoms with E-state index < -0.39 is 12.0 Å². The van der Waals surface area contributed by atoms with Gasteiger partial charge in [0.05, 0.1) is 17.9 Å². The van der Waals surface area contributed by atoms with Crippen molar-refractivity contribution < 1.29 is 19.4 Å². The molecule has 2 heterocycles. The van der Waals surface area contributed by atoms with E-state index in [4.69, 9.17) is 9.84 Å². The van der Waals surface area contributed by atoms with Gasteiger partial charge in [-0.15, -0.1) is 0 Å². The Morgan fingerprint density at radius 2 is 2.00 bits per heavy atom. The van der Waals surface area contributed by atoms with Crippen molar-refractivity contribution in [2.75, 3.05) is 13.2 Å². The highest BCUT2D eigenvalue weighted by Crippen LogP contribution is 2.29. The molecule has 1 aliphatic rings. The number of hydrogen-bond donors (Lipinski definition) is 4. The highest BCUT2D eigenvalue weighted by molar-refractivity contribution is 5.96. The largest absolute Gasteiger partial charge is 0.493 e. The Kier molecular flexibility index (Phi) is 8.21. The van der Waals surface area contributed by atoms with Crippen molar-refractivity contribution in [2.24, 2.45) is 0 Å². The van der Waals surface area contributed by atoms with Gasteiger partial charge in [-0.05, 0) is 50.3 Å². The van der Waals surface area contributed by atoms with Crippen LogP contribution in [0.1, 0.15) is 61.6 Å². The summed E-state index contributed by atoms with van der Waals surface area (Å²) in [5.74, 6) is -0.235. The monoisotopic (exact) mass is 456 g/mol. The maximum absolute atomic E-state index is 12.9. The third kappa shape index (κ3) is 5.78. The van der Waals surface area contributed by atoms with E-state index >= 15 is 0 Å². The third-order valence-corrected chi connectivity index (χ3v) is 5.80. The van der Waals surface area contributed by atoms with Gasteiger partial charge in [0, 0.05) is 23.7 Å². The number of carboxylic acids is 1. The molecule has 9 nitrogen and oxygen atoms in total. The number of aromatic amines is 1. The van der Waals surface area contributed by atoms with Crippen molar-refractivity contribution in [2.45, 2.75) is 65.0 Å². The number of carbonyl (C=O) groups is 2. The van der Waals surface area contributed by atoms with Crippen LogP contribution >= 0.6 is 0 Å². The minimum atomic E-state index is -0.880. The molecule has 1 aromatic carbocycles. The van der Waals surface area contributed by atoms with Gasteiger partial charge in [0.1, 0.15) is 17.6 Å². The van der Waals surface area contributed by atoms with Crippen LogP contribution in [-0.2, 0) is 17.6 Å². The summed E-state index contributed by atoms with van der Waals surface area (Å²) in [5.41, 5.74) is 2.18. The molecule has 1 aliphatic heterocycles. The minimum Gasteiger partial charge on any atom is -0.493 e. The molecule has 33 heavy (non-hydrogen) atoms. The Morgan fingerprint density at radius 3 is 2.61 bits per heavy atom. The molecular formula is C24H32N4O5. The van der Waals surface area contributed by atoms with Crippen LogP contribution < -0.4 is 20.9 Å². The van der Waals surface area contributed by atoms with Crippen molar-refractivity contribution in [1.29, 1.82) is 0 Å². The van der Waals surface area contributed by atoms with Gasteiger partial charge in [0.25, 0.3) is 11.5 Å². The highest BCUT2D eigenvalue weighted by atomic mass is 16.5. The molecule has 9 heteroatoms. The number of carbonyl (C=O) groups excluding carboxylic acids is 1. The number of aromatic nitrogens is 2. The molecule has 1 aromatic heterocycles. The number of aliphatic carboxylic acids is 1. The van der Waals surface area contributed by atoms with Crippen LogP contribution in [0.5, 0.6) is 5.75 Å². The van der Waals surface area contributed by atoms with E-state index in [9.17, 15) is 14.4 Å². The molecule has 1 fully saturated rings. The Balaban J connectivity index is 1.89. The SMILES string of the molecule is CCCOc1ccc(C(=O)NC2CCC(C(=O)O)NC2)cc1-c1nc(CC)c(CC)c(=O)[nH]1. The molecule has 0 saturated carbocycles. The number of nitrogens with one attached hydrogen (secondary N) is 3. The number of carboxylic acid groups (broad SMARTS) is 1. The van der Waals surface area contributed by atoms with E-state index in [0.29, 0.717) is 67.1 Å². The third-order valence-electron chi connectivity index (χ3n) is 5.80. The molecule has 0 bridgehead atoms. The lowest BCUT2D eigenvalue weighted by molar-refractivity contribution is -0.140. The van der Waals surface area contributed by atoms with Crippen LogP contribution in [0.4, 0.5) is 0 Å². The molecule has 2 aromatic rings. The molecule has 0 radical (unpaired) electrons. The highest BCUT2D eigenvalue weighted by Gasteiger charge is 2.26. The summed E-state index contributed by atoms with van der Waals surface area (Å²) in [6, 6.07) is 4.33. The molecule has 1 amide bonds. The van der Waals surface area contributed by atoms with Gasteiger partial charge in [0.15, 0.2) is 0 Å². The first-order valence-corrected chi connectivity index (χ1v) is 11.5. The van der Waals surface area contributed by atoms with Gasteiger partial charge >= 0.3 is 5.97 Å². The molecule has 2 unspecified atom stereocenters. The first kappa shape index (κ1) is 24.4. The summed E-state index contributed by atoms with van der Waals surface area (Å²) in [7, 11) is 0. The number of hydrogen-bond acceptors (Lipinski definition) is 6. The second-order valence-electron chi connectivity index (χ2n) is 8.15. The quantitative estimate of drug-likeness (QED) is 0.455. The molecule has 2 atom stereocenters. The number of ether oxygens (including phenoxy) is 1. The van der Waals surface area contributed by atoms with E-state index in [1.54, 1.807) is 18.2 Å². The van der Waals surface area contributed by atoms with Gasteiger partial charge in [-0.1, -0.05) is 20.8 Å². The average molecular weight is 457 g/mol. The van der Waals surface area contributed by atoms with Gasteiger partial charge in [-0.3, -0.25) is 14.4 Å². The summed E-state index contributed by atoms with van der Waals surface area (Å²) in [4.78, 5) is 44.2. The molecule has 178 valence electrons. The second kappa shape index (κ2) is 11.1. The Morgan fingerprint density at radius 1 is 1.21 bits per heavy atom. The number of benzene rings is 1. The van der Waals surface area contributed by atoms with Gasteiger partial charge in [0.2, 0.25) is 0 Å². The smallest absolute Gasteiger partial charge is 0.320 e. The molecule has 0 spiro atoms. The number of nitrogens with zero attached hydrogens (tertiary/aromatic N) is 1. The lowest BCUT2D eigenvalue weighted by Gasteiger charge is -2.28. The van der Waals surface area contributed by atoms with Crippen molar-refractivity contribution in [3.05, 3.63) is 45.4 Å². The lowest BCUT2D eigenvalue weighted by atomic mass is 10.00. The van der Waals surface area contributed by atoms with E-state index in [2.05, 4.69) is 20.6 Å². The van der Waals surface area contributed by atoms with Crippen molar-refractivity contribution in [3.63, 3.8) is 0 Å². The van der Waals surface area contributed by atoms with E-state index in [0.717, 1.165) is 12.1 Å². The topological polar surface area (TPSA) is 133 Å². The summed E-state index contributed by atoms with van der Waals surface area (Å²) >= 11 is 0. The molecule has 4 N–H and O–H groups in total. The van der Waals surface area contributed by atoms with E-state index in [-0.39, 0.29) is 17.5 Å². The fraction of sp³-hybridized carbons (Fsp3) is 0.500. The van der Waals surface area contributed by atoms with Crippen LogP contribution in [0.15, 0.2) is 23.0 Å². The zero-order chi connectivity index (χ0) is 24.0. The fourth-order valence-electron chi connectivity index (χ4n) is 3.98. The fourth-order valence-corrected chi connectivity index (χ4v) is 3.98. The zero-order valence-electron chi connectivity index (χ0n) is 19.4. The molecule has 0 aliphatic carbocycles. The Hall–Kier alpha value is -3.20. The molecular weight excluding hydrogens is 424 g/mol. The Labute approximate surface area is 193 Å². The first-order chi connectivity index (χ1) is 15.9. The Bertz CT molecular complexity index is 1060. The summed E-state index contributed by atoms with van der Waals surface area (Å²) in [6.07, 6.45) is 3.05. The number of amides is 1. The van der Waals surface area contributed by atoms with Crippen molar-refractivity contribution >= 4 is 11.9 Å². The summed E-state index contributed by atoms with van der Waals surface area (Å²) < 4.78 is 5.87. The van der Waals surface area contributed by atoms with Gasteiger partial charge in [-0.2, -0.15) is 0 Å². The number of rotatable bonds is 9. The minimum absolute atomic E-state index is 0.166. The van der Waals surface area contributed by atoms with E-state index in [1.165, 1.54) is 0 Å². The van der Waals surface area contributed by atoms with Crippen LogP contribution in [0.3, 0.4) is 0 Å². The van der Waals surface area contributed by atoms with E-state index in [1.807, 2.05) is 20.8 Å². The standard InChI is InChI=1S/C24H32N4O5/c1-4-11-33-20-10-7-14(22(29)26-15-8-9-19(24(31)32)25-13-15)12-17(20)21-27-18(6-3)16(5-2)23(30)28-21/h7,10,12,15,19,25H,4-6,8-9,11,13H2,1-3H3,(H,26,29)(H,31,32)(H,27,28,30). The number of piperidine rings is 1. The number of H-pyrrole nitrogens is 1. The predicted molar refractivity (Wildman–Crippen MR) is 125 cm³/mol. The van der Waals surface area contributed by atoms with Crippen LogP contribution in [0, 0.1) is 0 Å². The van der Waals surface area contributed by atoms with Crippen molar-refractivity contribution in [3.8, 4) is 17.1 Å². The van der Waals surface area contributed by atoms with Crippen LogP contribution in [0.25, 0.3) is 11.4 Å². The average Bonchev–Trinajstić information content (AvgIpc) is 2.82. The lowest BCUT2D eigenvalue weighted by Crippen LogP contribution is -2.51. The van der Waals surface area contributed by atoms with Gasteiger partial charge < -0.3 is 25.5 Å². The first-order valence-electron chi connectivity index (χ1n) is 11.5. The maximum Gasteiger partial charge on any atom is 0.320 e. The maximum atomic E-state index is 12.9. The van der Waals surface area contributed by atoms with Crippen LogP contribution in [-0.4, -0.2) is 52.2 Å². The van der Waals surface area contributed by atoms with Crippen molar-refractivity contribution in [1.82, 2.24) is 20.6 Å². The molecule has 1 saturated heterocycles. The van der Waals surface area contributed by atoms with Gasteiger partial charge in [-0.25, -0.2) is 4.98 Å².